The second-order valence-corrected chi connectivity index (χ2v) is 5.24. The third kappa shape index (κ3) is 3.42. The molecule has 1 aromatic rings. The minimum absolute atomic E-state index is 0.0570. The molecule has 0 bridgehead atoms. The van der Waals surface area contributed by atoms with Crippen LogP contribution in [0.25, 0.3) is 0 Å². The molecule has 0 spiro atoms. The summed E-state index contributed by atoms with van der Waals surface area (Å²) in [5.74, 6) is 1.22. The summed E-state index contributed by atoms with van der Waals surface area (Å²) in [6.07, 6.45) is 3.32. The van der Waals surface area contributed by atoms with Crippen LogP contribution in [-0.2, 0) is 4.79 Å². The molecule has 20 heavy (non-hydrogen) atoms. The van der Waals surface area contributed by atoms with E-state index in [0.717, 1.165) is 19.3 Å². The molecule has 5 heteroatoms. The van der Waals surface area contributed by atoms with Crippen LogP contribution >= 0.6 is 0 Å². The number of nitrogens with one attached hydrogen (secondary N) is 1. The molecule has 1 aromatic carbocycles. The van der Waals surface area contributed by atoms with Crippen LogP contribution in [0.15, 0.2) is 18.2 Å². The van der Waals surface area contributed by atoms with Crippen molar-refractivity contribution >= 4 is 11.6 Å². The number of ether oxygens (including phenoxy) is 2. The summed E-state index contributed by atoms with van der Waals surface area (Å²) in [6, 6.07) is 5.35. The Morgan fingerprint density at radius 1 is 1.40 bits per heavy atom. The van der Waals surface area contributed by atoms with Crippen molar-refractivity contribution in [2.75, 3.05) is 19.0 Å². The maximum atomic E-state index is 12.0. The molecule has 3 N–H and O–H groups in total. The Bertz CT molecular complexity index is 484. The first kappa shape index (κ1) is 14.7. The van der Waals surface area contributed by atoms with Crippen molar-refractivity contribution in [2.24, 2.45) is 5.73 Å². The van der Waals surface area contributed by atoms with E-state index in [2.05, 4.69) is 5.32 Å². The van der Waals surface area contributed by atoms with Gasteiger partial charge in [0.25, 0.3) is 0 Å². The lowest BCUT2D eigenvalue weighted by atomic mass is 9.75. The van der Waals surface area contributed by atoms with Gasteiger partial charge in [0, 0.05) is 23.7 Å². The Morgan fingerprint density at radius 2 is 2.15 bits per heavy atom. The Hall–Kier alpha value is -1.75. The molecule has 0 atom stereocenters. The minimum Gasteiger partial charge on any atom is -0.493 e. The lowest BCUT2D eigenvalue weighted by Crippen LogP contribution is -2.48. The molecule has 0 saturated heterocycles. The number of methoxy groups -OCH3 is 1. The van der Waals surface area contributed by atoms with Gasteiger partial charge in [0.15, 0.2) is 11.5 Å². The molecule has 0 heterocycles. The van der Waals surface area contributed by atoms with E-state index < -0.39 is 0 Å². The van der Waals surface area contributed by atoms with E-state index in [1.807, 2.05) is 6.92 Å². The molecule has 2 rings (SSSR count). The third-order valence-corrected chi connectivity index (χ3v) is 3.61. The fourth-order valence-electron chi connectivity index (χ4n) is 2.35. The molecular weight excluding hydrogens is 256 g/mol. The van der Waals surface area contributed by atoms with Gasteiger partial charge in [-0.05, 0) is 38.3 Å². The van der Waals surface area contributed by atoms with Crippen molar-refractivity contribution in [1.82, 2.24) is 0 Å². The second-order valence-electron chi connectivity index (χ2n) is 5.24. The normalized spacial score (nSPS) is 16.1. The summed E-state index contributed by atoms with van der Waals surface area (Å²) in [4.78, 5) is 12.0. The predicted octanol–water partition coefficient (Wildman–Crippen LogP) is 2.30. The predicted molar refractivity (Wildman–Crippen MR) is 78.2 cm³/mol. The zero-order chi connectivity index (χ0) is 14.6. The Balaban J connectivity index is 2.00. The first-order valence-electron chi connectivity index (χ1n) is 6.96. The second kappa shape index (κ2) is 6.13. The SMILES string of the molecule is CCOc1ccc(NC(=O)CC2(N)CCC2)cc1OC. The summed E-state index contributed by atoms with van der Waals surface area (Å²) < 4.78 is 10.7. The van der Waals surface area contributed by atoms with Crippen LogP contribution in [0.3, 0.4) is 0 Å². The molecule has 0 unspecified atom stereocenters. The molecule has 0 aliphatic heterocycles. The molecule has 1 fully saturated rings. The van der Waals surface area contributed by atoms with Gasteiger partial charge in [-0.3, -0.25) is 4.79 Å². The zero-order valence-electron chi connectivity index (χ0n) is 12.1. The number of carbonyl (C=O) groups excluding carboxylic acids is 1. The van der Waals surface area contributed by atoms with Gasteiger partial charge in [0.2, 0.25) is 5.91 Å². The van der Waals surface area contributed by atoms with E-state index in [1.165, 1.54) is 0 Å². The average molecular weight is 278 g/mol. The van der Waals surface area contributed by atoms with Gasteiger partial charge < -0.3 is 20.5 Å². The molecule has 0 radical (unpaired) electrons. The van der Waals surface area contributed by atoms with Crippen LogP contribution in [-0.4, -0.2) is 25.2 Å². The molecule has 5 nitrogen and oxygen atoms in total. The highest BCUT2D eigenvalue weighted by Crippen LogP contribution is 2.33. The Morgan fingerprint density at radius 3 is 2.70 bits per heavy atom. The Kier molecular flexibility index (Phi) is 4.49. The van der Waals surface area contributed by atoms with Crippen molar-refractivity contribution in [1.29, 1.82) is 0 Å². The molecule has 1 aliphatic rings. The number of hydrogen-bond acceptors (Lipinski definition) is 4. The number of amides is 1. The topological polar surface area (TPSA) is 73.6 Å². The monoisotopic (exact) mass is 278 g/mol. The van der Waals surface area contributed by atoms with Crippen molar-refractivity contribution in [2.45, 2.75) is 38.1 Å². The summed E-state index contributed by atoms with van der Waals surface area (Å²) in [7, 11) is 1.58. The highest BCUT2D eigenvalue weighted by molar-refractivity contribution is 5.92. The van der Waals surface area contributed by atoms with Crippen molar-refractivity contribution in [3.63, 3.8) is 0 Å². The van der Waals surface area contributed by atoms with E-state index in [1.54, 1.807) is 25.3 Å². The van der Waals surface area contributed by atoms with Gasteiger partial charge in [-0.2, -0.15) is 0 Å². The summed E-state index contributed by atoms with van der Waals surface area (Å²) in [5.41, 5.74) is 6.46. The van der Waals surface area contributed by atoms with Gasteiger partial charge in [-0.25, -0.2) is 0 Å². The van der Waals surface area contributed by atoms with Crippen LogP contribution in [0.4, 0.5) is 5.69 Å². The highest BCUT2D eigenvalue weighted by Gasteiger charge is 2.34. The van der Waals surface area contributed by atoms with E-state index in [0.29, 0.717) is 30.2 Å². The average Bonchev–Trinajstić information content (AvgIpc) is 2.38. The number of anilines is 1. The van der Waals surface area contributed by atoms with Gasteiger partial charge in [0.1, 0.15) is 0 Å². The van der Waals surface area contributed by atoms with E-state index in [-0.39, 0.29) is 11.4 Å². The first-order valence-corrected chi connectivity index (χ1v) is 6.96. The Labute approximate surface area is 119 Å². The van der Waals surface area contributed by atoms with Gasteiger partial charge in [-0.15, -0.1) is 0 Å². The smallest absolute Gasteiger partial charge is 0.226 e. The highest BCUT2D eigenvalue weighted by atomic mass is 16.5. The fraction of sp³-hybridized carbons (Fsp3) is 0.533. The molecule has 1 aliphatic carbocycles. The van der Waals surface area contributed by atoms with Crippen molar-refractivity contribution in [3.05, 3.63) is 18.2 Å². The molecular formula is C15H22N2O3. The number of carbonyl (C=O) groups is 1. The zero-order valence-corrected chi connectivity index (χ0v) is 12.1. The largest absolute Gasteiger partial charge is 0.493 e. The van der Waals surface area contributed by atoms with E-state index in [4.69, 9.17) is 15.2 Å². The van der Waals surface area contributed by atoms with Crippen LogP contribution < -0.4 is 20.5 Å². The number of rotatable bonds is 6. The lowest BCUT2D eigenvalue weighted by molar-refractivity contribution is -0.118. The van der Waals surface area contributed by atoms with Crippen molar-refractivity contribution in [3.8, 4) is 11.5 Å². The third-order valence-electron chi connectivity index (χ3n) is 3.61. The standard InChI is InChI=1S/C15H22N2O3/c1-3-20-12-6-5-11(9-13(12)19-2)17-14(18)10-15(16)7-4-8-15/h5-6,9H,3-4,7-8,10,16H2,1-2H3,(H,17,18). The van der Waals surface area contributed by atoms with Gasteiger partial charge in [-0.1, -0.05) is 0 Å². The maximum absolute atomic E-state index is 12.0. The van der Waals surface area contributed by atoms with E-state index >= 15 is 0 Å². The number of hydrogen-bond donors (Lipinski definition) is 2. The molecule has 1 amide bonds. The van der Waals surface area contributed by atoms with Crippen LogP contribution in [0.1, 0.15) is 32.6 Å². The van der Waals surface area contributed by atoms with Crippen LogP contribution in [0, 0.1) is 0 Å². The molecule has 0 aromatic heterocycles. The van der Waals surface area contributed by atoms with Crippen molar-refractivity contribution < 1.29 is 14.3 Å². The molecule has 1 saturated carbocycles. The van der Waals surface area contributed by atoms with Crippen LogP contribution in [0.2, 0.25) is 0 Å². The van der Waals surface area contributed by atoms with Crippen LogP contribution in [0.5, 0.6) is 11.5 Å². The fourth-order valence-corrected chi connectivity index (χ4v) is 2.35. The van der Waals surface area contributed by atoms with Gasteiger partial charge >= 0.3 is 0 Å². The van der Waals surface area contributed by atoms with Gasteiger partial charge in [0.05, 0.1) is 13.7 Å². The number of benzene rings is 1. The first-order chi connectivity index (χ1) is 9.56. The lowest BCUT2D eigenvalue weighted by Gasteiger charge is -2.37. The van der Waals surface area contributed by atoms with E-state index in [9.17, 15) is 4.79 Å². The molecule has 110 valence electrons. The number of nitrogens with two attached hydrogens (primary N) is 1. The maximum Gasteiger partial charge on any atom is 0.226 e. The summed E-state index contributed by atoms with van der Waals surface area (Å²) >= 11 is 0. The summed E-state index contributed by atoms with van der Waals surface area (Å²) in [6.45, 7) is 2.48. The quantitative estimate of drug-likeness (QED) is 0.837. The summed E-state index contributed by atoms with van der Waals surface area (Å²) in [5, 5.41) is 2.86. The minimum atomic E-state index is -0.306.